The molecule has 16 heavy (non-hydrogen) atoms. The van der Waals surface area contributed by atoms with E-state index in [-0.39, 0.29) is 5.82 Å². The third-order valence-corrected chi connectivity index (χ3v) is 4.21. The molecule has 88 valence electrons. The van der Waals surface area contributed by atoms with Crippen LogP contribution in [-0.4, -0.2) is 25.4 Å². The SMILES string of the molecule is CN1c2ccc(F)cc2SCC1CCCN. The van der Waals surface area contributed by atoms with Gasteiger partial charge in [0.1, 0.15) is 5.82 Å². The van der Waals surface area contributed by atoms with Crippen molar-refractivity contribution in [2.45, 2.75) is 23.8 Å². The molecule has 1 aromatic carbocycles. The highest BCUT2D eigenvalue weighted by atomic mass is 32.2. The molecule has 2 N–H and O–H groups in total. The lowest BCUT2D eigenvalue weighted by Crippen LogP contribution is -2.37. The van der Waals surface area contributed by atoms with Crippen LogP contribution in [0.3, 0.4) is 0 Å². The lowest BCUT2D eigenvalue weighted by molar-refractivity contribution is 0.593. The van der Waals surface area contributed by atoms with Crippen molar-refractivity contribution >= 4 is 17.4 Å². The van der Waals surface area contributed by atoms with E-state index < -0.39 is 0 Å². The van der Waals surface area contributed by atoms with Gasteiger partial charge in [-0.2, -0.15) is 0 Å². The van der Waals surface area contributed by atoms with Crippen LogP contribution in [0.25, 0.3) is 0 Å². The van der Waals surface area contributed by atoms with E-state index >= 15 is 0 Å². The Hall–Kier alpha value is -0.740. The van der Waals surface area contributed by atoms with E-state index in [2.05, 4.69) is 11.9 Å². The number of rotatable bonds is 3. The molecule has 0 aromatic heterocycles. The first-order valence-electron chi connectivity index (χ1n) is 5.57. The van der Waals surface area contributed by atoms with Gasteiger partial charge in [-0.1, -0.05) is 0 Å². The summed E-state index contributed by atoms with van der Waals surface area (Å²) in [5.41, 5.74) is 6.67. The topological polar surface area (TPSA) is 29.3 Å². The van der Waals surface area contributed by atoms with Crippen molar-refractivity contribution in [1.82, 2.24) is 0 Å². The summed E-state index contributed by atoms with van der Waals surface area (Å²) in [6.07, 6.45) is 2.16. The summed E-state index contributed by atoms with van der Waals surface area (Å²) in [5, 5.41) is 0. The molecule has 0 aliphatic carbocycles. The lowest BCUT2D eigenvalue weighted by atomic mass is 10.1. The van der Waals surface area contributed by atoms with Crippen molar-refractivity contribution in [3.63, 3.8) is 0 Å². The lowest BCUT2D eigenvalue weighted by Gasteiger charge is -2.35. The van der Waals surface area contributed by atoms with E-state index in [1.165, 1.54) is 6.07 Å². The van der Waals surface area contributed by atoms with Gasteiger partial charge >= 0.3 is 0 Å². The minimum Gasteiger partial charge on any atom is -0.370 e. The zero-order valence-electron chi connectivity index (χ0n) is 9.45. The predicted octanol–water partition coefficient (Wildman–Crippen LogP) is 2.48. The molecule has 0 saturated heterocycles. The minimum atomic E-state index is -0.153. The van der Waals surface area contributed by atoms with E-state index in [4.69, 9.17) is 5.73 Å². The van der Waals surface area contributed by atoms with Gasteiger partial charge in [-0.3, -0.25) is 0 Å². The molecule has 1 heterocycles. The van der Waals surface area contributed by atoms with Crippen molar-refractivity contribution in [2.75, 3.05) is 24.2 Å². The Labute approximate surface area is 100 Å². The number of hydrogen-bond acceptors (Lipinski definition) is 3. The van der Waals surface area contributed by atoms with Gasteiger partial charge in [0.2, 0.25) is 0 Å². The maximum absolute atomic E-state index is 13.1. The Morgan fingerprint density at radius 1 is 1.56 bits per heavy atom. The van der Waals surface area contributed by atoms with E-state index in [0.29, 0.717) is 6.04 Å². The van der Waals surface area contributed by atoms with Crippen LogP contribution < -0.4 is 10.6 Å². The molecule has 4 heteroatoms. The first kappa shape index (κ1) is 11.7. The van der Waals surface area contributed by atoms with Crippen LogP contribution in [0, 0.1) is 5.82 Å². The molecule has 2 rings (SSSR count). The van der Waals surface area contributed by atoms with Crippen LogP contribution in [0.4, 0.5) is 10.1 Å². The molecular formula is C12H17FN2S. The quantitative estimate of drug-likeness (QED) is 0.880. The van der Waals surface area contributed by atoms with Crippen molar-refractivity contribution in [3.05, 3.63) is 24.0 Å². The summed E-state index contributed by atoms with van der Waals surface area (Å²) in [5.74, 6) is 0.868. The molecule has 0 saturated carbocycles. The Bertz CT molecular complexity index is 370. The van der Waals surface area contributed by atoms with Crippen LogP contribution >= 0.6 is 11.8 Å². The summed E-state index contributed by atoms with van der Waals surface area (Å²) in [6.45, 7) is 0.741. The molecule has 0 radical (unpaired) electrons. The molecule has 1 atom stereocenters. The minimum absolute atomic E-state index is 0.153. The van der Waals surface area contributed by atoms with E-state index in [1.807, 2.05) is 6.07 Å². The molecular weight excluding hydrogens is 223 g/mol. The smallest absolute Gasteiger partial charge is 0.124 e. The molecule has 2 nitrogen and oxygen atoms in total. The van der Waals surface area contributed by atoms with Crippen LogP contribution in [0.1, 0.15) is 12.8 Å². The van der Waals surface area contributed by atoms with Gasteiger partial charge in [-0.15, -0.1) is 11.8 Å². The highest BCUT2D eigenvalue weighted by Gasteiger charge is 2.23. The monoisotopic (exact) mass is 240 g/mol. The summed E-state index contributed by atoms with van der Waals surface area (Å²) in [4.78, 5) is 3.30. The molecule has 1 aromatic rings. The highest BCUT2D eigenvalue weighted by Crippen LogP contribution is 2.37. The van der Waals surface area contributed by atoms with Crippen molar-refractivity contribution < 1.29 is 4.39 Å². The molecule has 1 aliphatic rings. The fourth-order valence-electron chi connectivity index (χ4n) is 2.02. The zero-order valence-corrected chi connectivity index (χ0v) is 10.3. The average Bonchev–Trinajstić information content (AvgIpc) is 2.28. The average molecular weight is 240 g/mol. The molecule has 1 aliphatic heterocycles. The van der Waals surface area contributed by atoms with Crippen molar-refractivity contribution in [2.24, 2.45) is 5.73 Å². The summed E-state index contributed by atoms with van der Waals surface area (Å²) in [7, 11) is 2.08. The number of nitrogens with two attached hydrogens (primary N) is 1. The third kappa shape index (κ3) is 2.33. The number of nitrogens with zero attached hydrogens (tertiary/aromatic N) is 1. The molecule has 0 fully saturated rings. The number of fused-ring (bicyclic) bond motifs is 1. The van der Waals surface area contributed by atoms with Crippen LogP contribution in [0.15, 0.2) is 23.1 Å². The number of halogens is 1. The van der Waals surface area contributed by atoms with Gasteiger partial charge in [-0.25, -0.2) is 4.39 Å². The van der Waals surface area contributed by atoms with Gasteiger partial charge in [0.05, 0.1) is 5.69 Å². The second-order valence-corrected chi connectivity index (χ2v) is 5.18. The third-order valence-electron chi connectivity index (χ3n) is 3.02. The largest absolute Gasteiger partial charge is 0.370 e. The number of thioether (sulfide) groups is 1. The number of anilines is 1. The first-order chi connectivity index (χ1) is 7.72. The highest BCUT2D eigenvalue weighted by molar-refractivity contribution is 7.99. The maximum Gasteiger partial charge on any atom is 0.124 e. The predicted molar refractivity (Wildman–Crippen MR) is 67.6 cm³/mol. The Morgan fingerprint density at radius 2 is 2.38 bits per heavy atom. The number of hydrogen-bond donors (Lipinski definition) is 1. The van der Waals surface area contributed by atoms with Gasteiger partial charge in [0, 0.05) is 23.7 Å². The van der Waals surface area contributed by atoms with Gasteiger partial charge in [0.25, 0.3) is 0 Å². The fourth-order valence-corrected chi connectivity index (χ4v) is 3.34. The fraction of sp³-hybridized carbons (Fsp3) is 0.500. The zero-order chi connectivity index (χ0) is 11.5. The molecule has 1 unspecified atom stereocenters. The van der Waals surface area contributed by atoms with E-state index in [1.54, 1.807) is 17.8 Å². The molecule has 0 amide bonds. The number of benzene rings is 1. The maximum atomic E-state index is 13.1. The second-order valence-electron chi connectivity index (χ2n) is 4.12. The molecule has 0 spiro atoms. The Balaban J connectivity index is 2.15. The van der Waals surface area contributed by atoms with Crippen molar-refractivity contribution in [3.8, 4) is 0 Å². The normalized spacial score (nSPS) is 19.7. The van der Waals surface area contributed by atoms with Gasteiger partial charge in [0.15, 0.2) is 0 Å². The van der Waals surface area contributed by atoms with Crippen molar-refractivity contribution in [1.29, 1.82) is 0 Å². The van der Waals surface area contributed by atoms with Crippen LogP contribution in [-0.2, 0) is 0 Å². The van der Waals surface area contributed by atoms with Crippen LogP contribution in [0.5, 0.6) is 0 Å². The summed E-state index contributed by atoms with van der Waals surface area (Å²) < 4.78 is 13.1. The van der Waals surface area contributed by atoms with E-state index in [0.717, 1.165) is 35.7 Å². The summed E-state index contributed by atoms with van der Waals surface area (Å²) >= 11 is 1.74. The Kier molecular flexibility index (Phi) is 3.71. The van der Waals surface area contributed by atoms with Crippen LogP contribution in [0.2, 0.25) is 0 Å². The van der Waals surface area contributed by atoms with Gasteiger partial charge < -0.3 is 10.6 Å². The first-order valence-corrected chi connectivity index (χ1v) is 6.56. The molecule has 0 bridgehead atoms. The summed E-state index contributed by atoms with van der Waals surface area (Å²) in [6, 6.07) is 5.54. The Morgan fingerprint density at radius 3 is 3.12 bits per heavy atom. The second kappa shape index (κ2) is 5.06. The van der Waals surface area contributed by atoms with E-state index in [9.17, 15) is 4.39 Å². The van der Waals surface area contributed by atoms with Gasteiger partial charge in [-0.05, 0) is 37.6 Å². The standard InChI is InChI=1S/C12H17FN2S/c1-15-10(3-2-6-14)8-16-12-7-9(13)4-5-11(12)15/h4-5,7,10H,2-3,6,8,14H2,1H3.